The number of halogens is 1. The smallest absolute Gasteiger partial charge is 0.194 e. The van der Waals surface area contributed by atoms with Crippen LogP contribution in [0.25, 0.3) is 0 Å². The Kier molecular flexibility index (Phi) is 7.34. The Labute approximate surface area is 163 Å². The lowest BCUT2D eigenvalue weighted by Gasteiger charge is -2.32. The highest BCUT2D eigenvalue weighted by molar-refractivity contribution is 14.0. The van der Waals surface area contributed by atoms with Gasteiger partial charge in [-0.15, -0.1) is 24.0 Å². The third-order valence-corrected chi connectivity index (χ3v) is 5.09. The second-order valence-electron chi connectivity index (χ2n) is 6.88. The summed E-state index contributed by atoms with van der Waals surface area (Å²) in [6, 6.07) is 10.1. The van der Waals surface area contributed by atoms with Gasteiger partial charge in [0.25, 0.3) is 0 Å². The van der Waals surface area contributed by atoms with Crippen molar-refractivity contribution in [1.29, 1.82) is 0 Å². The molecule has 1 N–H and O–H groups in total. The van der Waals surface area contributed by atoms with E-state index in [-0.39, 0.29) is 24.0 Å². The van der Waals surface area contributed by atoms with Gasteiger partial charge in [-0.2, -0.15) is 0 Å². The lowest BCUT2D eigenvalue weighted by Crippen LogP contribution is -2.45. The maximum atomic E-state index is 4.93. The minimum Gasteiger partial charge on any atom is -0.357 e. The zero-order chi connectivity index (χ0) is 16.2. The van der Waals surface area contributed by atoms with Crippen LogP contribution in [0, 0.1) is 0 Å². The topological polar surface area (TPSA) is 30.9 Å². The molecule has 1 heterocycles. The van der Waals surface area contributed by atoms with E-state index >= 15 is 0 Å². The molecule has 1 saturated carbocycles. The van der Waals surface area contributed by atoms with E-state index in [0.29, 0.717) is 6.04 Å². The van der Waals surface area contributed by atoms with Crippen molar-refractivity contribution in [3.63, 3.8) is 0 Å². The molecule has 1 aliphatic carbocycles. The third-order valence-electron chi connectivity index (χ3n) is 5.09. The SMILES string of the molecule is CCNC(=NCC(C)N(C)C1CC1)N1CCc2ccccc2C1.I. The molecule has 0 spiro atoms. The molecule has 1 atom stereocenters. The molecule has 0 amide bonds. The van der Waals surface area contributed by atoms with Crippen LogP contribution in [-0.4, -0.2) is 54.5 Å². The van der Waals surface area contributed by atoms with Gasteiger partial charge in [0.05, 0.1) is 6.54 Å². The molecule has 1 aromatic rings. The number of aliphatic imine (C=N–C) groups is 1. The molecule has 5 heteroatoms. The van der Waals surface area contributed by atoms with Crippen LogP contribution in [0.4, 0.5) is 0 Å². The molecule has 0 saturated heterocycles. The second kappa shape index (κ2) is 9.04. The Balaban J connectivity index is 0.00000208. The zero-order valence-electron chi connectivity index (χ0n) is 15.2. The highest BCUT2D eigenvalue weighted by atomic mass is 127. The number of nitrogens with zero attached hydrogens (tertiary/aromatic N) is 3. The van der Waals surface area contributed by atoms with E-state index in [1.165, 1.54) is 24.0 Å². The fraction of sp³-hybridized carbons (Fsp3) is 0.632. The standard InChI is InChI=1S/C19H30N4.HI/c1-4-20-19(21-13-15(2)22(3)18-9-10-18)23-12-11-16-7-5-6-8-17(16)14-23;/h5-8,15,18H,4,9-14H2,1-3H3,(H,20,21);1H. The molecule has 1 aliphatic heterocycles. The number of fused-ring (bicyclic) bond motifs is 1. The number of hydrogen-bond acceptors (Lipinski definition) is 2. The van der Waals surface area contributed by atoms with Crippen LogP contribution in [0.2, 0.25) is 0 Å². The van der Waals surface area contributed by atoms with E-state index in [2.05, 4.69) is 60.3 Å². The van der Waals surface area contributed by atoms with Gasteiger partial charge in [0.2, 0.25) is 0 Å². The summed E-state index contributed by atoms with van der Waals surface area (Å²) in [6.45, 7) is 8.24. The first-order valence-electron chi connectivity index (χ1n) is 9.01. The van der Waals surface area contributed by atoms with E-state index in [4.69, 9.17) is 4.99 Å². The summed E-state index contributed by atoms with van der Waals surface area (Å²) < 4.78 is 0. The summed E-state index contributed by atoms with van der Waals surface area (Å²) in [5.74, 6) is 1.07. The molecular weight excluding hydrogens is 411 g/mol. The molecule has 0 aromatic heterocycles. The Hall–Kier alpha value is -0.820. The van der Waals surface area contributed by atoms with E-state index < -0.39 is 0 Å². The minimum absolute atomic E-state index is 0. The normalized spacial score (nSPS) is 18.8. The van der Waals surface area contributed by atoms with Gasteiger partial charge in [0.15, 0.2) is 5.96 Å². The Morgan fingerprint density at radius 2 is 2.04 bits per heavy atom. The number of guanidine groups is 1. The van der Waals surface area contributed by atoms with E-state index in [0.717, 1.165) is 44.6 Å². The first kappa shape index (κ1) is 19.5. The molecule has 4 nitrogen and oxygen atoms in total. The molecule has 1 aromatic carbocycles. The number of hydrogen-bond donors (Lipinski definition) is 1. The predicted octanol–water partition coefficient (Wildman–Crippen LogP) is 3.11. The van der Waals surface area contributed by atoms with E-state index in [9.17, 15) is 0 Å². The Morgan fingerprint density at radius 3 is 2.71 bits per heavy atom. The van der Waals surface area contributed by atoms with Crippen LogP contribution < -0.4 is 5.32 Å². The van der Waals surface area contributed by atoms with Crippen LogP contribution in [0.1, 0.15) is 37.8 Å². The molecule has 134 valence electrons. The average molecular weight is 442 g/mol. The zero-order valence-corrected chi connectivity index (χ0v) is 17.5. The maximum absolute atomic E-state index is 4.93. The maximum Gasteiger partial charge on any atom is 0.194 e. The van der Waals surface area contributed by atoms with E-state index in [1.54, 1.807) is 0 Å². The molecule has 0 radical (unpaired) electrons. The number of nitrogens with one attached hydrogen (secondary N) is 1. The van der Waals surface area contributed by atoms with Gasteiger partial charge < -0.3 is 10.2 Å². The van der Waals surface area contributed by atoms with Gasteiger partial charge in [-0.05, 0) is 51.3 Å². The van der Waals surface area contributed by atoms with Gasteiger partial charge in [-0.25, -0.2) is 0 Å². The lowest BCUT2D eigenvalue weighted by molar-refractivity contribution is 0.252. The van der Waals surface area contributed by atoms with Crippen molar-refractivity contribution in [3.8, 4) is 0 Å². The first-order valence-corrected chi connectivity index (χ1v) is 9.01. The summed E-state index contributed by atoms with van der Waals surface area (Å²) in [7, 11) is 2.24. The fourth-order valence-electron chi connectivity index (χ4n) is 3.29. The molecule has 0 bridgehead atoms. The second-order valence-corrected chi connectivity index (χ2v) is 6.88. The molecule has 3 rings (SSSR count). The molecule has 1 unspecified atom stereocenters. The van der Waals surface area contributed by atoms with Crippen molar-refractivity contribution in [3.05, 3.63) is 35.4 Å². The minimum atomic E-state index is 0. The third kappa shape index (κ3) is 4.85. The first-order chi connectivity index (χ1) is 11.2. The van der Waals surface area contributed by atoms with Gasteiger partial charge in [0, 0.05) is 31.7 Å². The lowest BCUT2D eigenvalue weighted by atomic mass is 10.0. The van der Waals surface area contributed by atoms with Crippen molar-refractivity contribution < 1.29 is 0 Å². The van der Waals surface area contributed by atoms with E-state index in [1.807, 2.05) is 0 Å². The predicted molar refractivity (Wildman–Crippen MR) is 112 cm³/mol. The van der Waals surface area contributed by atoms with Gasteiger partial charge in [0.1, 0.15) is 0 Å². The van der Waals surface area contributed by atoms with Crippen LogP contribution in [0.5, 0.6) is 0 Å². The summed E-state index contributed by atoms with van der Waals surface area (Å²) >= 11 is 0. The molecule has 1 fully saturated rings. The van der Waals surface area contributed by atoms with Crippen molar-refractivity contribution in [2.24, 2.45) is 4.99 Å². The van der Waals surface area contributed by atoms with Gasteiger partial charge >= 0.3 is 0 Å². The number of rotatable bonds is 5. The monoisotopic (exact) mass is 442 g/mol. The van der Waals surface area contributed by atoms with Crippen molar-refractivity contribution >= 4 is 29.9 Å². The Bertz CT molecular complexity index is 556. The summed E-state index contributed by atoms with van der Waals surface area (Å²) in [4.78, 5) is 9.81. The van der Waals surface area contributed by atoms with Crippen LogP contribution in [0.3, 0.4) is 0 Å². The highest BCUT2D eigenvalue weighted by Gasteiger charge is 2.29. The summed E-state index contributed by atoms with van der Waals surface area (Å²) in [5.41, 5.74) is 2.92. The van der Waals surface area contributed by atoms with Crippen molar-refractivity contribution in [1.82, 2.24) is 15.1 Å². The average Bonchev–Trinajstić information content (AvgIpc) is 3.42. The molecule has 2 aliphatic rings. The molecule has 24 heavy (non-hydrogen) atoms. The fourth-order valence-corrected chi connectivity index (χ4v) is 3.29. The summed E-state index contributed by atoms with van der Waals surface area (Å²) in [6.07, 6.45) is 3.82. The van der Waals surface area contributed by atoms with Gasteiger partial charge in [-0.3, -0.25) is 9.89 Å². The van der Waals surface area contributed by atoms with Crippen LogP contribution >= 0.6 is 24.0 Å². The van der Waals surface area contributed by atoms with Crippen LogP contribution in [-0.2, 0) is 13.0 Å². The van der Waals surface area contributed by atoms with Crippen LogP contribution in [0.15, 0.2) is 29.3 Å². The number of likely N-dealkylation sites (N-methyl/N-ethyl adjacent to an activating group) is 1. The highest BCUT2D eigenvalue weighted by Crippen LogP contribution is 2.27. The quantitative estimate of drug-likeness (QED) is 0.432. The van der Waals surface area contributed by atoms with Crippen molar-refractivity contribution in [2.45, 2.75) is 51.7 Å². The summed E-state index contributed by atoms with van der Waals surface area (Å²) in [5, 5.41) is 3.48. The Morgan fingerprint density at radius 1 is 1.33 bits per heavy atom. The van der Waals surface area contributed by atoms with Crippen molar-refractivity contribution in [2.75, 3.05) is 26.7 Å². The van der Waals surface area contributed by atoms with Gasteiger partial charge in [-0.1, -0.05) is 24.3 Å². The number of benzene rings is 1. The molecular formula is C19H31IN4. The largest absolute Gasteiger partial charge is 0.357 e.